The summed E-state index contributed by atoms with van der Waals surface area (Å²) < 4.78 is 0. The predicted octanol–water partition coefficient (Wildman–Crippen LogP) is 1.16. The van der Waals surface area contributed by atoms with Crippen LogP contribution in [-0.4, -0.2) is 30.6 Å². The second-order valence-corrected chi connectivity index (χ2v) is 1.40. The molecule has 1 N–H and O–H groups in total. The summed E-state index contributed by atoms with van der Waals surface area (Å²) >= 11 is 0. The van der Waals surface area contributed by atoms with Crippen molar-refractivity contribution in [2.75, 3.05) is 20.6 Å². The maximum atomic E-state index is 6.75. The van der Waals surface area contributed by atoms with Gasteiger partial charge in [-0.3, -0.25) is 0 Å². The topological polar surface area (TPSA) is 23.5 Å². The molecule has 0 rings (SSSR count). The maximum absolute atomic E-state index is 6.75. The SMILES string of the molecule is CCN(C)C.[CH2-]O.[CH3-].[W].[Y]. The summed E-state index contributed by atoms with van der Waals surface area (Å²) in [5, 5.41) is 6.75. The van der Waals surface area contributed by atoms with Gasteiger partial charge in [0.25, 0.3) is 0 Å². The van der Waals surface area contributed by atoms with Crippen molar-refractivity contribution in [1.29, 1.82) is 0 Å². The molecule has 63 valence electrons. The van der Waals surface area contributed by atoms with E-state index in [0.717, 1.165) is 6.54 Å². The molecule has 0 amide bonds. The smallest absolute Gasteiger partial charge is 0 e. The Hall–Kier alpha value is 1.71. The second kappa shape index (κ2) is 31.0. The molecule has 2 nitrogen and oxygen atoms in total. The van der Waals surface area contributed by atoms with Gasteiger partial charge < -0.3 is 17.4 Å². The Bertz CT molecular complexity index is 31.7. The van der Waals surface area contributed by atoms with Crippen LogP contribution >= 0.6 is 0 Å². The van der Waals surface area contributed by atoms with Crippen molar-refractivity contribution >= 4 is 0 Å². The Morgan fingerprint density at radius 3 is 1.40 bits per heavy atom. The van der Waals surface area contributed by atoms with Gasteiger partial charge in [-0.05, 0) is 20.6 Å². The van der Waals surface area contributed by atoms with Gasteiger partial charge in [-0.1, -0.05) is 6.92 Å². The van der Waals surface area contributed by atoms with Crippen molar-refractivity contribution in [3.05, 3.63) is 14.5 Å². The molecule has 0 saturated heterocycles. The third kappa shape index (κ3) is 53.5. The van der Waals surface area contributed by atoms with Crippen LogP contribution in [0.1, 0.15) is 6.92 Å². The monoisotopic (exact) mass is 392 g/mol. The fourth-order valence-electron chi connectivity index (χ4n) is 0. The molecule has 0 heterocycles. The molecule has 0 aromatic rings. The standard InChI is InChI=1S/C4H11N.CH3O.CH3.W.Y/c1-4-5(2)3;1-2;;;/h4H2,1-3H3;2H,1H2;1H3;;/q;2*-1;;. The number of hydrogen-bond acceptors (Lipinski definition) is 2. The van der Waals surface area contributed by atoms with Crippen LogP contribution in [-0.2, 0) is 53.8 Å². The fourth-order valence-corrected chi connectivity index (χ4v) is 0. The molecule has 0 aromatic heterocycles. The Kier molecular flexibility index (Phi) is 92.4. The summed E-state index contributed by atoms with van der Waals surface area (Å²) in [6, 6.07) is 0. The van der Waals surface area contributed by atoms with Gasteiger partial charge in [0.15, 0.2) is 0 Å². The fraction of sp³-hybridized carbons (Fsp3) is 0.667. The van der Waals surface area contributed by atoms with Gasteiger partial charge in [-0.25, -0.2) is 7.11 Å². The minimum Gasteiger partial charge on any atom is -0.569 e. The van der Waals surface area contributed by atoms with Crippen LogP contribution in [0.3, 0.4) is 0 Å². The van der Waals surface area contributed by atoms with E-state index in [9.17, 15) is 0 Å². The van der Waals surface area contributed by atoms with E-state index in [2.05, 4.69) is 33.0 Å². The molecule has 0 aliphatic carbocycles. The third-order valence-electron chi connectivity index (χ3n) is 0.632. The summed E-state index contributed by atoms with van der Waals surface area (Å²) in [5.74, 6) is 0. The Balaban J connectivity index is -0.0000000154. The van der Waals surface area contributed by atoms with E-state index in [1.807, 2.05) is 0 Å². The van der Waals surface area contributed by atoms with Gasteiger partial charge in [-0.15, -0.1) is 0 Å². The molecular formula is C6H17NOWY-2. The number of nitrogens with zero attached hydrogens (tertiary/aromatic N) is 1. The molecule has 0 bridgehead atoms. The predicted molar refractivity (Wildman–Crippen MR) is 37.9 cm³/mol. The van der Waals surface area contributed by atoms with E-state index in [-0.39, 0.29) is 61.2 Å². The third-order valence-corrected chi connectivity index (χ3v) is 0.632. The molecular weight excluding hydrogens is 375 g/mol. The van der Waals surface area contributed by atoms with Crippen LogP contribution in [0.4, 0.5) is 0 Å². The zero-order valence-electron chi connectivity index (χ0n) is 7.29. The van der Waals surface area contributed by atoms with Crippen molar-refractivity contribution < 1.29 is 58.9 Å². The zero-order valence-corrected chi connectivity index (χ0v) is 13.1. The first-order valence-electron chi connectivity index (χ1n) is 2.23. The summed E-state index contributed by atoms with van der Waals surface area (Å²) in [5.41, 5.74) is 0. The van der Waals surface area contributed by atoms with Gasteiger partial charge in [0.05, 0.1) is 0 Å². The molecule has 0 fully saturated rings. The van der Waals surface area contributed by atoms with Crippen LogP contribution in [0.2, 0.25) is 0 Å². The first-order valence-corrected chi connectivity index (χ1v) is 2.23. The van der Waals surface area contributed by atoms with E-state index in [1.165, 1.54) is 0 Å². The molecule has 10 heavy (non-hydrogen) atoms. The minimum atomic E-state index is 0. The zero-order chi connectivity index (χ0) is 6.28. The van der Waals surface area contributed by atoms with Crippen LogP contribution in [0.15, 0.2) is 0 Å². The molecule has 0 saturated carbocycles. The normalized spacial score (nSPS) is 5.40. The van der Waals surface area contributed by atoms with E-state index < -0.39 is 0 Å². The first kappa shape index (κ1) is 29.8. The molecule has 0 aliphatic heterocycles. The molecule has 1 radical (unpaired) electrons. The molecule has 0 aliphatic rings. The summed E-state index contributed by atoms with van der Waals surface area (Å²) in [7, 11) is 6.36. The molecule has 0 spiro atoms. The van der Waals surface area contributed by atoms with Gasteiger partial charge in [0.1, 0.15) is 0 Å². The van der Waals surface area contributed by atoms with Gasteiger partial charge in [0.2, 0.25) is 0 Å². The van der Waals surface area contributed by atoms with Crippen LogP contribution in [0.5, 0.6) is 0 Å². The average molecular weight is 392 g/mol. The largest absolute Gasteiger partial charge is 0.569 e. The van der Waals surface area contributed by atoms with E-state index >= 15 is 0 Å². The first-order chi connectivity index (χ1) is 3.27. The Morgan fingerprint density at radius 2 is 1.40 bits per heavy atom. The summed E-state index contributed by atoms with van der Waals surface area (Å²) in [4.78, 5) is 2.12. The molecule has 0 atom stereocenters. The minimum absolute atomic E-state index is 0. The summed E-state index contributed by atoms with van der Waals surface area (Å²) in [6.45, 7) is 3.26. The van der Waals surface area contributed by atoms with E-state index in [0.29, 0.717) is 0 Å². The molecule has 0 unspecified atom stereocenters. The Morgan fingerprint density at radius 1 is 1.30 bits per heavy atom. The van der Waals surface area contributed by atoms with Crippen molar-refractivity contribution in [3.63, 3.8) is 0 Å². The molecule has 0 aromatic carbocycles. The Labute approximate surface area is 105 Å². The maximum Gasteiger partial charge on any atom is 0 e. The van der Waals surface area contributed by atoms with Crippen LogP contribution < -0.4 is 0 Å². The van der Waals surface area contributed by atoms with E-state index in [4.69, 9.17) is 5.11 Å². The number of aliphatic hydroxyl groups is 1. The number of hydrogen-bond donors (Lipinski definition) is 1. The van der Waals surface area contributed by atoms with Gasteiger partial charge in [0, 0.05) is 53.8 Å². The number of aliphatic hydroxyl groups excluding tert-OH is 1. The van der Waals surface area contributed by atoms with Crippen molar-refractivity contribution in [2.45, 2.75) is 6.92 Å². The van der Waals surface area contributed by atoms with Gasteiger partial charge >= 0.3 is 0 Å². The van der Waals surface area contributed by atoms with Gasteiger partial charge in [-0.2, -0.15) is 0 Å². The van der Waals surface area contributed by atoms with Crippen molar-refractivity contribution in [2.24, 2.45) is 0 Å². The van der Waals surface area contributed by atoms with E-state index in [1.54, 1.807) is 0 Å². The second-order valence-electron chi connectivity index (χ2n) is 1.40. The van der Waals surface area contributed by atoms with Crippen molar-refractivity contribution in [1.82, 2.24) is 4.90 Å². The summed E-state index contributed by atoms with van der Waals surface area (Å²) in [6.07, 6.45) is 0. The molecule has 4 heteroatoms. The van der Waals surface area contributed by atoms with Crippen LogP contribution in [0.25, 0.3) is 0 Å². The average Bonchev–Trinajstić information content (AvgIpc) is 1.73. The van der Waals surface area contributed by atoms with Crippen molar-refractivity contribution in [3.8, 4) is 0 Å². The van der Waals surface area contributed by atoms with Crippen LogP contribution in [0, 0.1) is 14.5 Å². The number of rotatable bonds is 1. The quantitative estimate of drug-likeness (QED) is 0.678.